The maximum absolute atomic E-state index is 14.8. The molecule has 2 aromatic carbocycles. The Labute approximate surface area is 287 Å². The van der Waals surface area contributed by atoms with Gasteiger partial charge in [-0.2, -0.15) is 22.0 Å². The van der Waals surface area contributed by atoms with Gasteiger partial charge in [0, 0.05) is 23.7 Å². The molecule has 264 valence electrons. The van der Waals surface area contributed by atoms with E-state index in [4.69, 9.17) is 32.7 Å². The van der Waals surface area contributed by atoms with E-state index < -0.39 is 66.3 Å². The van der Waals surface area contributed by atoms with Crippen LogP contribution < -0.4 is 25.4 Å². The molecule has 3 unspecified atom stereocenters. The summed E-state index contributed by atoms with van der Waals surface area (Å²) in [7, 11) is 1.38. The molecule has 0 saturated carbocycles. The molecule has 49 heavy (non-hydrogen) atoms. The predicted octanol–water partition coefficient (Wildman–Crippen LogP) is 5.27. The van der Waals surface area contributed by atoms with Gasteiger partial charge in [-0.15, -0.1) is 0 Å². The Morgan fingerprint density at radius 1 is 0.857 bits per heavy atom. The van der Waals surface area contributed by atoms with Gasteiger partial charge in [-0.05, 0) is 41.3 Å². The van der Waals surface area contributed by atoms with Crippen LogP contribution in [0.5, 0.6) is 11.5 Å². The molecule has 10 nitrogen and oxygen atoms in total. The number of pyridine rings is 1. The highest BCUT2D eigenvalue weighted by molar-refractivity contribution is 6.30. The number of rotatable bonds is 15. The number of nitrogens with zero attached hydrogens (tertiary/aromatic N) is 1. The summed E-state index contributed by atoms with van der Waals surface area (Å²) < 4.78 is 78.3. The smallest absolute Gasteiger partial charge is 0.405 e. The number of Topliss-reactive ketones (excluding diaryl/α,β-unsaturated/α-hetero) is 1. The molecule has 3 N–H and O–H groups in total. The summed E-state index contributed by atoms with van der Waals surface area (Å²) in [5, 5.41) is 6.20. The van der Waals surface area contributed by atoms with Gasteiger partial charge in [0.25, 0.3) is 11.8 Å². The third kappa shape index (κ3) is 11.3. The summed E-state index contributed by atoms with van der Waals surface area (Å²) in [5.41, 5.74) is 0.673. The maximum atomic E-state index is 14.8. The molecule has 3 atom stereocenters. The molecule has 0 fully saturated rings. The zero-order valence-corrected chi connectivity index (χ0v) is 27.6. The van der Waals surface area contributed by atoms with Crippen LogP contribution in [0.25, 0.3) is 0 Å². The second kappa shape index (κ2) is 16.7. The van der Waals surface area contributed by atoms with Crippen molar-refractivity contribution in [2.24, 2.45) is 5.92 Å². The summed E-state index contributed by atoms with van der Waals surface area (Å²) in [4.78, 5) is 56.3. The van der Waals surface area contributed by atoms with E-state index in [2.05, 4.69) is 15.6 Å². The third-order valence-corrected chi connectivity index (χ3v) is 7.29. The number of benzene rings is 2. The van der Waals surface area contributed by atoms with Crippen molar-refractivity contribution < 1.29 is 50.6 Å². The standard InChI is InChI=1S/C32H31Cl2F5N4O6/c1-17(2)25(27(44)32(38,39)30(47)41-16-31(35,36)37)42-29(46)26(19-7-9-22(48-3)10-8-19)43-28(45)24(12-18-5-4-6-20(33)11-18)49-23-13-21(34)14-40-15-23/h4-11,13-15,17,24-26H,12,16H2,1-3H3,(H,41,47)(H,42,46)(H,43,45). The molecule has 3 amide bonds. The van der Waals surface area contributed by atoms with Crippen molar-refractivity contribution in [2.45, 2.75) is 50.6 Å². The van der Waals surface area contributed by atoms with Crippen LogP contribution in [0.4, 0.5) is 22.0 Å². The van der Waals surface area contributed by atoms with Crippen LogP contribution in [0.3, 0.4) is 0 Å². The number of methoxy groups -OCH3 is 1. The molecule has 0 saturated heterocycles. The number of alkyl halides is 5. The van der Waals surface area contributed by atoms with Crippen molar-refractivity contribution in [2.75, 3.05) is 13.7 Å². The summed E-state index contributed by atoms with van der Waals surface area (Å²) >= 11 is 12.1. The van der Waals surface area contributed by atoms with Gasteiger partial charge >= 0.3 is 12.1 Å². The Kier molecular flexibility index (Phi) is 13.3. The Morgan fingerprint density at radius 2 is 1.53 bits per heavy atom. The van der Waals surface area contributed by atoms with Crippen LogP contribution in [0.2, 0.25) is 10.0 Å². The highest BCUT2D eigenvalue weighted by atomic mass is 35.5. The molecular weight excluding hydrogens is 702 g/mol. The molecule has 17 heteroatoms. The number of hydrogen-bond donors (Lipinski definition) is 3. The van der Waals surface area contributed by atoms with Crippen molar-refractivity contribution in [1.29, 1.82) is 0 Å². The van der Waals surface area contributed by atoms with Crippen molar-refractivity contribution in [3.8, 4) is 11.5 Å². The average molecular weight is 734 g/mol. The number of halogens is 7. The molecule has 0 spiro atoms. The molecule has 0 aliphatic heterocycles. The fourth-order valence-electron chi connectivity index (χ4n) is 4.39. The molecule has 3 rings (SSSR count). The van der Waals surface area contributed by atoms with E-state index in [0.717, 1.165) is 5.32 Å². The Hall–Kier alpha value is -4.50. The Morgan fingerprint density at radius 3 is 2.10 bits per heavy atom. The van der Waals surface area contributed by atoms with Crippen LogP contribution >= 0.6 is 23.2 Å². The summed E-state index contributed by atoms with van der Waals surface area (Å²) in [5.74, 6) is -12.3. The van der Waals surface area contributed by atoms with Gasteiger partial charge in [0.05, 0.1) is 24.4 Å². The van der Waals surface area contributed by atoms with Crippen LogP contribution in [0, 0.1) is 5.92 Å². The minimum atomic E-state index is -5.03. The molecule has 0 radical (unpaired) electrons. The zero-order valence-electron chi connectivity index (χ0n) is 26.1. The van der Waals surface area contributed by atoms with Gasteiger partial charge in [-0.3, -0.25) is 24.2 Å². The van der Waals surface area contributed by atoms with Crippen LogP contribution in [0.1, 0.15) is 31.0 Å². The van der Waals surface area contributed by atoms with Crippen LogP contribution in [0.15, 0.2) is 67.0 Å². The number of ether oxygens (including phenoxy) is 2. The normalized spacial score (nSPS) is 13.5. The fourth-order valence-corrected chi connectivity index (χ4v) is 4.77. The summed E-state index contributed by atoms with van der Waals surface area (Å²) in [6.07, 6.45) is -3.83. The minimum absolute atomic E-state index is 0.0811. The van der Waals surface area contributed by atoms with E-state index in [1.54, 1.807) is 24.3 Å². The lowest BCUT2D eigenvalue weighted by molar-refractivity contribution is -0.165. The molecule has 0 bridgehead atoms. The van der Waals surface area contributed by atoms with E-state index >= 15 is 0 Å². The lowest BCUT2D eigenvalue weighted by Gasteiger charge is -2.28. The second-order valence-corrected chi connectivity index (χ2v) is 11.8. The van der Waals surface area contributed by atoms with E-state index in [0.29, 0.717) is 16.3 Å². The number of hydrogen-bond acceptors (Lipinski definition) is 7. The molecule has 0 aliphatic carbocycles. The van der Waals surface area contributed by atoms with Gasteiger partial charge < -0.3 is 25.4 Å². The number of aromatic nitrogens is 1. The topological polar surface area (TPSA) is 136 Å². The number of carbonyl (C=O) groups excluding carboxylic acids is 4. The first-order valence-corrected chi connectivity index (χ1v) is 15.2. The third-order valence-electron chi connectivity index (χ3n) is 6.85. The van der Waals surface area contributed by atoms with Crippen molar-refractivity contribution >= 4 is 46.7 Å². The zero-order chi connectivity index (χ0) is 36.5. The van der Waals surface area contributed by atoms with Crippen molar-refractivity contribution in [1.82, 2.24) is 20.9 Å². The summed E-state index contributed by atoms with van der Waals surface area (Å²) in [6, 6.07) is 9.85. The maximum Gasteiger partial charge on any atom is 0.405 e. The minimum Gasteiger partial charge on any atom is -0.497 e. The lowest BCUT2D eigenvalue weighted by Crippen LogP contribution is -2.58. The van der Waals surface area contributed by atoms with Gasteiger partial charge in [-0.1, -0.05) is 61.3 Å². The van der Waals surface area contributed by atoms with E-state index in [1.165, 1.54) is 63.7 Å². The molecule has 0 aliphatic rings. The second-order valence-electron chi connectivity index (χ2n) is 11.0. The molecule has 1 heterocycles. The predicted molar refractivity (Wildman–Crippen MR) is 168 cm³/mol. The van der Waals surface area contributed by atoms with E-state index in [1.807, 2.05) is 0 Å². The molecule has 1 aromatic heterocycles. The Balaban J connectivity index is 1.95. The highest BCUT2D eigenvalue weighted by Gasteiger charge is 2.52. The largest absolute Gasteiger partial charge is 0.497 e. The quantitative estimate of drug-likeness (QED) is 0.143. The lowest BCUT2D eigenvalue weighted by atomic mass is 9.94. The van der Waals surface area contributed by atoms with Gasteiger partial charge in [0.2, 0.25) is 11.7 Å². The van der Waals surface area contributed by atoms with E-state index in [-0.39, 0.29) is 22.8 Å². The molecular formula is C32H31Cl2F5N4O6. The van der Waals surface area contributed by atoms with Crippen molar-refractivity contribution in [3.63, 3.8) is 0 Å². The van der Waals surface area contributed by atoms with Gasteiger partial charge in [0.1, 0.15) is 24.1 Å². The average Bonchev–Trinajstić information content (AvgIpc) is 3.03. The van der Waals surface area contributed by atoms with Crippen LogP contribution in [-0.4, -0.2) is 66.4 Å². The highest BCUT2D eigenvalue weighted by Crippen LogP contribution is 2.25. The Bertz CT molecular complexity index is 1600. The molecule has 3 aromatic rings. The first kappa shape index (κ1) is 38.9. The van der Waals surface area contributed by atoms with Crippen LogP contribution in [-0.2, 0) is 25.6 Å². The number of carbonyl (C=O) groups is 4. The van der Waals surface area contributed by atoms with Crippen molar-refractivity contribution in [3.05, 3.63) is 88.2 Å². The summed E-state index contributed by atoms with van der Waals surface area (Å²) in [6.45, 7) is 0.422. The first-order valence-electron chi connectivity index (χ1n) is 14.4. The number of ketones is 1. The van der Waals surface area contributed by atoms with Gasteiger partial charge in [0.15, 0.2) is 6.10 Å². The van der Waals surface area contributed by atoms with Gasteiger partial charge in [-0.25, -0.2) is 0 Å². The first-order chi connectivity index (χ1) is 22.9. The van der Waals surface area contributed by atoms with E-state index in [9.17, 15) is 41.1 Å². The monoisotopic (exact) mass is 732 g/mol. The SMILES string of the molecule is COc1ccc(C(NC(=O)C(Cc2cccc(Cl)c2)Oc2cncc(Cl)c2)C(=O)NC(C(=O)C(F)(F)C(=O)NCC(F)(F)F)C(C)C)cc1. The number of nitrogens with one attached hydrogen (secondary N) is 3. The fraction of sp³-hybridized carbons (Fsp3) is 0.344. The number of amides is 3.